The summed E-state index contributed by atoms with van der Waals surface area (Å²) in [7, 11) is 0. The number of hydrogen-bond donors (Lipinski definition) is 3. The van der Waals surface area contributed by atoms with Crippen LogP contribution in [-0.2, 0) is 9.53 Å². The third-order valence-corrected chi connectivity index (χ3v) is 7.22. The first-order valence-electron chi connectivity index (χ1n) is 13.8. The van der Waals surface area contributed by atoms with Crippen LogP contribution in [0, 0.1) is 5.41 Å². The van der Waals surface area contributed by atoms with E-state index < -0.39 is 55.0 Å². The Morgan fingerprint density at radius 1 is 1.11 bits per heavy atom. The highest BCUT2D eigenvalue weighted by Gasteiger charge is 2.42. The summed E-state index contributed by atoms with van der Waals surface area (Å²) in [6, 6.07) is 8.69. The summed E-state index contributed by atoms with van der Waals surface area (Å²) in [5, 5.41) is 21.7. The number of rotatable bonds is 9. The van der Waals surface area contributed by atoms with Crippen molar-refractivity contribution in [1.82, 2.24) is 40.1 Å². The van der Waals surface area contributed by atoms with Crippen LogP contribution in [0.2, 0.25) is 5.02 Å². The van der Waals surface area contributed by atoms with E-state index in [1.165, 1.54) is 30.6 Å². The third-order valence-electron chi connectivity index (χ3n) is 6.90. The average Bonchev–Trinajstić information content (AvgIpc) is 3.73. The van der Waals surface area contributed by atoms with Crippen molar-refractivity contribution in [2.24, 2.45) is 0 Å². The van der Waals surface area contributed by atoms with Gasteiger partial charge in [0, 0.05) is 17.3 Å². The zero-order valence-electron chi connectivity index (χ0n) is 24.6. The standard InChI is InChI=1S/C29H28ClF4N9O3/c1-29(2,3)40-28(45)46-13-21(17-8-9-19(30)20(10-17)43-24(23(31)32)36-14-38-43)42-25(44)22(39-27(42)35)16-6-4-15(5-7-16)18-11-37-41(12-18)26(33)34/h4-12,14,21-23,26H,13H2,1-3H3,(H2,35,39)(H,40,45). The van der Waals surface area contributed by atoms with Crippen molar-refractivity contribution in [3.05, 3.63) is 83.2 Å². The minimum atomic E-state index is -2.97. The molecule has 1 saturated heterocycles. The van der Waals surface area contributed by atoms with E-state index in [1.54, 1.807) is 45.0 Å². The summed E-state index contributed by atoms with van der Waals surface area (Å²) in [5.41, 5.74) is 1.18. The summed E-state index contributed by atoms with van der Waals surface area (Å²) in [6.45, 7) is 2.04. The van der Waals surface area contributed by atoms with E-state index in [-0.39, 0.29) is 16.7 Å². The van der Waals surface area contributed by atoms with Gasteiger partial charge in [0.05, 0.1) is 22.9 Å². The largest absolute Gasteiger partial charge is 0.447 e. The lowest BCUT2D eigenvalue weighted by atomic mass is 10.0. The van der Waals surface area contributed by atoms with Gasteiger partial charge in [-0.3, -0.25) is 15.1 Å². The molecule has 2 unspecified atom stereocenters. The monoisotopic (exact) mass is 661 g/mol. The minimum absolute atomic E-state index is 0.0320. The summed E-state index contributed by atoms with van der Waals surface area (Å²) < 4.78 is 60.0. The first kappa shape index (κ1) is 32.4. The lowest BCUT2D eigenvalue weighted by Crippen LogP contribution is -2.43. The van der Waals surface area contributed by atoms with Crippen molar-refractivity contribution in [2.75, 3.05) is 6.61 Å². The topological polar surface area (TPSA) is 143 Å². The van der Waals surface area contributed by atoms with Crippen molar-refractivity contribution >= 4 is 29.6 Å². The van der Waals surface area contributed by atoms with Gasteiger partial charge in [-0.15, -0.1) is 0 Å². The van der Waals surface area contributed by atoms with Crippen molar-refractivity contribution in [2.45, 2.75) is 51.4 Å². The van der Waals surface area contributed by atoms with E-state index in [0.29, 0.717) is 26.9 Å². The highest BCUT2D eigenvalue weighted by atomic mass is 35.5. The van der Waals surface area contributed by atoms with E-state index in [1.807, 2.05) is 0 Å². The number of nitrogens with zero attached hydrogens (tertiary/aromatic N) is 6. The van der Waals surface area contributed by atoms with Crippen LogP contribution in [0.5, 0.6) is 0 Å². The predicted octanol–water partition coefficient (Wildman–Crippen LogP) is 5.79. The smallest absolute Gasteiger partial charge is 0.407 e. The normalized spacial score (nSPS) is 15.9. The number of ether oxygens (including phenoxy) is 1. The number of amides is 2. The fraction of sp³-hybridized carbons (Fsp3) is 0.310. The number of carbonyl (C=O) groups excluding carboxylic acids is 2. The summed E-state index contributed by atoms with van der Waals surface area (Å²) >= 11 is 6.36. The molecule has 0 saturated carbocycles. The number of hydrogen-bond acceptors (Lipinski definition) is 7. The zero-order valence-corrected chi connectivity index (χ0v) is 25.3. The van der Waals surface area contributed by atoms with Gasteiger partial charge in [-0.1, -0.05) is 41.9 Å². The Morgan fingerprint density at radius 2 is 1.83 bits per heavy atom. The molecule has 12 nitrogen and oxygen atoms in total. The van der Waals surface area contributed by atoms with Crippen LogP contribution in [0.25, 0.3) is 16.8 Å². The Kier molecular flexibility index (Phi) is 9.01. The van der Waals surface area contributed by atoms with Crippen LogP contribution in [0.1, 0.15) is 62.8 Å². The van der Waals surface area contributed by atoms with Crippen molar-refractivity contribution < 1.29 is 31.9 Å². The lowest BCUT2D eigenvalue weighted by Gasteiger charge is -2.28. The molecule has 0 bridgehead atoms. The molecule has 1 fully saturated rings. The Bertz CT molecular complexity index is 1750. The molecule has 4 aromatic rings. The number of aromatic nitrogens is 5. The Hall–Kier alpha value is -4.99. The van der Waals surface area contributed by atoms with Crippen LogP contribution >= 0.6 is 11.6 Å². The number of alkyl carbamates (subject to hydrolysis) is 1. The average molecular weight is 662 g/mol. The Morgan fingerprint density at radius 3 is 2.46 bits per heavy atom. The molecule has 3 heterocycles. The molecule has 2 aromatic carbocycles. The fourth-order valence-electron chi connectivity index (χ4n) is 4.82. The van der Waals surface area contributed by atoms with Gasteiger partial charge in [-0.2, -0.15) is 19.0 Å². The second kappa shape index (κ2) is 12.8. The molecule has 3 N–H and O–H groups in total. The summed E-state index contributed by atoms with van der Waals surface area (Å²) in [4.78, 5) is 31.2. The molecule has 5 rings (SSSR count). The highest BCUT2D eigenvalue weighted by molar-refractivity contribution is 6.32. The summed E-state index contributed by atoms with van der Waals surface area (Å²) in [6.07, 6.45) is -0.307. The third kappa shape index (κ3) is 6.80. The molecule has 242 valence electrons. The maximum Gasteiger partial charge on any atom is 0.407 e. The predicted molar refractivity (Wildman–Crippen MR) is 158 cm³/mol. The number of halogens is 5. The van der Waals surface area contributed by atoms with E-state index in [2.05, 4.69) is 25.8 Å². The van der Waals surface area contributed by atoms with Gasteiger partial charge < -0.3 is 15.4 Å². The second-order valence-corrected chi connectivity index (χ2v) is 11.7. The molecule has 0 spiro atoms. The Labute approximate surface area is 264 Å². The van der Waals surface area contributed by atoms with Gasteiger partial charge >= 0.3 is 12.6 Å². The first-order valence-corrected chi connectivity index (χ1v) is 14.1. The molecular weight excluding hydrogens is 634 g/mol. The maximum atomic E-state index is 13.9. The van der Waals surface area contributed by atoms with E-state index in [4.69, 9.17) is 21.7 Å². The van der Waals surface area contributed by atoms with Crippen molar-refractivity contribution in [3.63, 3.8) is 0 Å². The van der Waals surface area contributed by atoms with Crippen LogP contribution in [0.15, 0.2) is 61.2 Å². The molecular formula is C29H28ClF4N9O3. The lowest BCUT2D eigenvalue weighted by molar-refractivity contribution is -0.129. The van der Waals surface area contributed by atoms with Crippen LogP contribution < -0.4 is 10.6 Å². The molecule has 0 radical (unpaired) electrons. The first-order chi connectivity index (χ1) is 21.7. The molecule has 46 heavy (non-hydrogen) atoms. The highest BCUT2D eigenvalue weighted by Crippen LogP contribution is 2.34. The van der Waals surface area contributed by atoms with E-state index in [0.717, 1.165) is 15.9 Å². The SMILES string of the molecule is CC(C)(C)NC(=O)OCC(c1ccc(Cl)c(-n2ncnc2C(F)F)c1)N1C(=N)NC(c2ccc(-c3cnn(C(F)F)c3)cc2)C1=O. The van der Waals surface area contributed by atoms with Crippen LogP contribution in [-0.4, -0.2) is 59.6 Å². The molecule has 1 aliphatic heterocycles. The molecule has 2 atom stereocenters. The summed E-state index contributed by atoms with van der Waals surface area (Å²) in [5.74, 6) is -1.54. The number of guanidine groups is 1. The maximum absolute atomic E-state index is 13.9. The van der Waals surface area contributed by atoms with Crippen LogP contribution in [0.3, 0.4) is 0 Å². The number of carbonyl (C=O) groups is 2. The van der Waals surface area contributed by atoms with E-state index in [9.17, 15) is 27.2 Å². The van der Waals surface area contributed by atoms with Gasteiger partial charge in [-0.25, -0.2) is 27.9 Å². The number of alkyl halides is 4. The zero-order chi connectivity index (χ0) is 33.3. The van der Waals surface area contributed by atoms with Crippen LogP contribution in [0.4, 0.5) is 22.4 Å². The van der Waals surface area contributed by atoms with Crippen molar-refractivity contribution in [3.8, 4) is 16.8 Å². The number of benzene rings is 2. The molecule has 2 aromatic heterocycles. The molecule has 2 amide bonds. The van der Waals surface area contributed by atoms with Gasteiger partial charge in [0.25, 0.3) is 12.3 Å². The number of nitrogens with one attached hydrogen (secondary N) is 3. The van der Waals surface area contributed by atoms with Gasteiger partial charge in [-0.05, 0) is 49.6 Å². The van der Waals surface area contributed by atoms with Gasteiger partial charge in [0.2, 0.25) is 0 Å². The van der Waals surface area contributed by atoms with Gasteiger partial charge in [0.15, 0.2) is 11.8 Å². The van der Waals surface area contributed by atoms with Crippen molar-refractivity contribution in [1.29, 1.82) is 5.41 Å². The molecule has 1 aliphatic rings. The molecule has 0 aliphatic carbocycles. The molecule has 17 heteroatoms. The minimum Gasteiger partial charge on any atom is -0.447 e. The fourth-order valence-corrected chi connectivity index (χ4v) is 5.01. The Balaban J connectivity index is 1.46. The quantitative estimate of drug-likeness (QED) is 0.193. The van der Waals surface area contributed by atoms with Gasteiger partial charge in [0.1, 0.15) is 19.0 Å². The second-order valence-electron chi connectivity index (χ2n) is 11.3. The van der Waals surface area contributed by atoms with E-state index >= 15 is 0 Å².